The highest BCUT2D eigenvalue weighted by molar-refractivity contribution is 6.00. The van der Waals surface area contributed by atoms with Crippen molar-refractivity contribution in [2.75, 3.05) is 6.54 Å². The van der Waals surface area contributed by atoms with Crippen LogP contribution < -0.4 is 0 Å². The third kappa shape index (κ3) is 3.71. The molecule has 176 valence electrons. The number of furan rings is 1. The lowest BCUT2D eigenvalue weighted by Crippen LogP contribution is -2.45. The highest BCUT2D eigenvalue weighted by Gasteiger charge is 2.52. The molecule has 0 radical (unpaired) electrons. The van der Waals surface area contributed by atoms with Gasteiger partial charge in [0.25, 0.3) is 0 Å². The second-order valence-corrected chi connectivity index (χ2v) is 7.74. The monoisotopic (exact) mass is 463 g/mol. The number of carbonyl (C=O) groups is 2. The van der Waals surface area contributed by atoms with Gasteiger partial charge in [0.05, 0.1) is 22.1 Å². The van der Waals surface area contributed by atoms with Crippen LogP contribution in [0.5, 0.6) is 0 Å². The number of alkyl halides is 3. The Morgan fingerprint density at radius 1 is 0.970 bits per heavy atom. The van der Waals surface area contributed by atoms with Gasteiger partial charge in [-0.3, -0.25) is 0 Å². The van der Waals surface area contributed by atoms with Gasteiger partial charge in [-0.1, -0.05) is 25.1 Å². The number of carboxylic acids is 2. The zero-order valence-electron chi connectivity index (χ0n) is 18.6. The third-order valence-electron chi connectivity index (χ3n) is 6.19. The summed E-state index contributed by atoms with van der Waals surface area (Å²) >= 11 is 0. The minimum absolute atomic E-state index is 0.0103. The highest BCUT2D eigenvalue weighted by atomic mass is 19.4. The molecular weight excluding hydrogens is 439 g/mol. The van der Waals surface area contributed by atoms with Crippen molar-refractivity contribution in [3.63, 3.8) is 0 Å². The van der Waals surface area contributed by atoms with Crippen molar-refractivity contribution in [2.45, 2.75) is 45.7 Å². The fraction of sp³-hybridized carbons (Fsp3) is 0.333. The van der Waals surface area contributed by atoms with Crippen LogP contribution in [-0.2, 0) is 21.2 Å². The molecule has 0 fully saturated rings. The van der Waals surface area contributed by atoms with Crippen molar-refractivity contribution < 1.29 is 37.4 Å². The molecule has 0 saturated carbocycles. The number of nitrogens with zero attached hydrogens (tertiary/aromatic N) is 1. The van der Waals surface area contributed by atoms with Gasteiger partial charge in [-0.05, 0) is 45.4 Å². The highest BCUT2D eigenvalue weighted by Crippen LogP contribution is 2.51. The maximum Gasteiger partial charge on any atom is 0.417 e. The maximum absolute atomic E-state index is 13.5. The molecule has 0 atom stereocenters. The number of halogens is 3. The predicted molar refractivity (Wildman–Crippen MR) is 114 cm³/mol. The van der Waals surface area contributed by atoms with Gasteiger partial charge < -0.3 is 19.5 Å². The van der Waals surface area contributed by atoms with Gasteiger partial charge in [-0.15, -0.1) is 0 Å². The van der Waals surface area contributed by atoms with Gasteiger partial charge in [0.1, 0.15) is 11.5 Å². The van der Waals surface area contributed by atoms with E-state index in [0.717, 1.165) is 6.07 Å². The first-order valence-corrected chi connectivity index (χ1v) is 10.3. The number of aliphatic carboxylic acids is 2. The van der Waals surface area contributed by atoms with Gasteiger partial charge in [0.15, 0.2) is 0 Å². The van der Waals surface area contributed by atoms with Crippen LogP contribution in [-0.4, -0.2) is 33.6 Å². The summed E-state index contributed by atoms with van der Waals surface area (Å²) in [6, 6.07) is 7.54. The Hall–Kier alpha value is -3.49. The summed E-state index contributed by atoms with van der Waals surface area (Å²) in [6.45, 7) is 6.90. The molecule has 1 aromatic carbocycles. The Bertz CT molecular complexity index is 1130. The normalized spacial score (nSPS) is 16.4. The van der Waals surface area contributed by atoms with E-state index in [9.17, 15) is 33.0 Å². The molecule has 2 heterocycles. The number of hydrogen-bond acceptors (Lipinski definition) is 4. The van der Waals surface area contributed by atoms with Gasteiger partial charge in [-0.2, -0.15) is 13.2 Å². The van der Waals surface area contributed by atoms with Gasteiger partial charge in [0.2, 0.25) is 0 Å². The Balaban J connectivity index is 2.35. The van der Waals surface area contributed by atoms with E-state index in [1.165, 1.54) is 30.3 Å². The van der Waals surface area contributed by atoms with Gasteiger partial charge >= 0.3 is 18.1 Å². The zero-order chi connectivity index (χ0) is 24.7. The average Bonchev–Trinajstić information content (AvgIpc) is 3.22. The number of carboxylic acid groups (broad SMARTS) is 2. The van der Waals surface area contributed by atoms with E-state index in [2.05, 4.69) is 0 Å². The second kappa shape index (κ2) is 8.46. The Kier molecular flexibility index (Phi) is 6.19. The SMILES string of the molecule is CCN1C(C)=C(C(=O)O)C(CC)(c2ccc(-c3ccccc3C(F)(F)F)o2)C(C(=O)O)=C1C. The first-order chi connectivity index (χ1) is 15.4. The molecule has 0 bridgehead atoms. The van der Waals surface area contributed by atoms with Crippen molar-refractivity contribution in [1.29, 1.82) is 0 Å². The fourth-order valence-electron chi connectivity index (χ4n) is 4.84. The molecule has 2 N–H and O–H groups in total. The molecule has 3 rings (SSSR count). The topological polar surface area (TPSA) is 91.0 Å². The van der Waals surface area contributed by atoms with E-state index in [1.54, 1.807) is 32.6 Å². The molecule has 1 aromatic heterocycles. The van der Waals surface area contributed by atoms with Crippen LogP contribution in [0, 0.1) is 0 Å². The Morgan fingerprint density at radius 2 is 1.52 bits per heavy atom. The van der Waals surface area contributed by atoms with E-state index in [1.807, 2.05) is 0 Å². The number of rotatable bonds is 6. The van der Waals surface area contributed by atoms with Crippen LogP contribution in [0.25, 0.3) is 11.3 Å². The fourth-order valence-corrected chi connectivity index (χ4v) is 4.84. The summed E-state index contributed by atoms with van der Waals surface area (Å²) in [5.41, 5.74) is -2.48. The summed E-state index contributed by atoms with van der Waals surface area (Å²) in [4.78, 5) is 26.4. The number of hydrogen-bond donors (Lipinski definition) is 2. The molecule has 1 aliphatic rings. The lowest BCUT2D eigenvalue weighted by Gasteiger charge is -2.42. The van der Waals surface area contributed by atoms with Crippen molar-refractivity contribution in [2.24, 2.45) is 0 Å². The first-order valence-electron chi connectivity index (χ1n) is 10.3. The van der Waals surface area contributed by atoms with E-state index in [4.69, 9.17) is 4.42 Å². The minimum atomic E-state index is -4.64. The maximum atomic E-state index is 13.5. The largest absolute Gasteiger partial charge is 0.478 e. The van der Waals surface area contributed by atoms with Crippen LogP contribution >= 0.6 is 0 Å². The van der Waals surface area contributed by atoms with Gasteiger partial charge in [0, 0.05) is 23.5 Å². The van der Waals surface area contributed by atoms with Crippen LogP contribution in [0.1, 0.15) is 45.4 Å². The lowest BCUT2D eigenvalue weighted by molar-refractivity contribution is -0.137. The smallest absolute Gasteiger partial charge is 0.417 e. The van der Waals surface area contributed by atoms with Crippen LogP contribution in [0.3, 0.4) is 0 Å². The zero-order valence-corrected chi connectivity index (χ0v) is 18.6. The van der Waals surface area contributed by atoms with Crippen molar-refractivity contribution in [3.05, 3.63) is 70.3 Å². The Morgan fingerprint density at radius 3 is 1.97 bits per heavy atom. The molecule has 0 spiro atoms. The molecular formula is C24H24F3NO5. The molecule has 0 unspecified atom stereocenters. The Labute approximate surface area is 188 Å². The lowest BCUT2D eigenvalue weighted by atomic mass is 9.66. The minimum Gasteiger partial charge on any atom is -0.478 e. The second-order valence-electron chi connectivity index (χ2n) is 7.74. The predicted octanol–water partition coefficient (Wildman–Crippen LogP) is 5.67. The summed E-state index contributed by atoms with van der Waals surface area (Å²) in [6.07, 6.45) is -4.62. The summed E-state index contributed by atoms with van der Waals surface area (Å²) in [5, 5.41) is 20.2. The van der Waals surface area contributed by atoms with E-state index < -0.39 is 29.1 Å². The van der Waals surface area contributed by atoms with Crippen LogP contribution in [0.2, 0.25) is 0 Å². The standard InChI is InChI=1S/C24H24F3NO5/c1-5-23(19(21(29)30)13(3)28(6-2)14(4)20(23)22(31)32)18-12-11-17(33-18)15-9-7-8-10-16(15)24(25,26)27/h7-12H,5-6H2,1-4H3,(H,29,30)(H,31,32). The molecule has 9 heteroatoms. The molecule has 2 aromatic rings. The van der Waals surface area contributed by atoms with E-state index in [-0.39, 0.29) is 34.7 Å². The van der Waals surface area contributed by atoms with Crippen LogP contribution in [0.4, 0.5) is 13.2 Å². The summed E-state index contributed by atoms with van der Waals surface area (Å²) in [7, 11) is 0. The van der Waals surface area contributed by atoms with Crippen molar-refractivity contribution >= 4 is 11.9 Å². The average molecular weight is 463 g/mol. The summed E-state index contributed by atoms with van der Waals surface area (Å²) in [5.74, 6) is -2.82. The molecule has 0 aliphatic carbocycles. The molecule has 6 nitrogen and oxygen atoms in total. The number of allylic oxidation sites excluding steroid dienone is 2. The summed E-state index contributed by atoms with van der Waals surface area (Å²) < 4.78 is 46.5. The quantitative estimate of drug-likeness (QED) is 0.574. The molecule has 0 saturated heterocycles. The molecule has 0 amide bonds. The van der Waals surface area contributed by atoms with Gasteiger partial charge in [-0.25, -0.2) is 9.59 Å². The molecule has 33 heavy (non-hydrogen) atoms. The van der Waals surface area contributed by atoms with Crippen LogP contribution in [0.15, 0.2) is 63.4 Å². The molecule has 1 aliphatic heterocycles. The third-order valence-corrected chi connectivity index (χ3v) is 6.19. The first kappa shape index (κ1) is 24.2. The van der Waals surface area contributed by atoms with Crippen molar-refractivity contribution in [1.82, 2.24) is 4.90 Å². The number of benzene rings is 1. The van der Waals surface area contributed by atoms with E-state index in [0.29, 0.717) is 17.9 Å². The van der Waals surface area contributed by atoms with Crippen molar-refractivity contribution in [3.8, 4) is 11.3 Å². The van der Waals surface area contributed by atoms with E-state index >= 15 is 0 Å².